The molecule has 0 radical (unpaired) electrons. The van der Waals surface area contributed by atoms with Crippen molar-refractivity contribution >= 4 is 61.7 Å². The summed E-state index contributed by atoms with van der Waals surface area (Å²) in [6, 6.07) is 50.1. The molecule has 1 aliphatic heterocycles. The topological polar surface area (TPSA) is 16.4 Å². The van der Waals surface area contributed by atoms with Crippen molar-refractivity contribution in [3.63, 3.8) is 0 Å². The van der Waals surface area contributed by atoms with Crippen molar-refractivity contribution in [3.05, 3.63) is 192 Å². The minimum absolute atomic E-state index is 0.0554. The molecule has 2 nitrogen and oxygen atoms in total. The van der Waals surface area contributed by atoms with Gasteiger partial charge in [0, 0.05) is 55.6 Å². The Morgan fingerprint density at radius 3 is 2.30 bits per heavy atom. The second kappa shape index (κ2) is 12.0. The number of hydrogen-bond acceptors (Lipinski definition) is 3. The molecule has 3 unspecified atom stereocenters. The highest BCUT2D eigenvalue weighted by Gasteiger charge is 2.37. The van der Waals surface area contributed by atoms with Gasteiger partial charge < -0.3 is 9.32 Å². The van der Waals surface area contributed by atoms with E-state index in [1.54, 1.807) is 0 Å². The minimum Gasteiger partial charge on any atom is -0.456 e. The van der Waals surface area contributed by atoms with Gasteiger partial charge in [0.15, 0.2) is 0 Å². The van der Waals surface area contributed by atoms with Gasteiger partial charge in [0.25, 0.3) is 0 Å². The van der Waals surface area contributed by atoms with Gasteiger partial charge in [-0.15, -0.1) is 11.8 Å². The van der Waals surface area contributed by atoms with E-state index in [9.17, 15) is 0 Å². The van der Waals surface area contributed by atoms with E-state index in [0.717, 1.165) is 17.8 Å². The summed E-state index contributed by atoms with van der Waals surface area (Å²) in [7, 11) is 0. The van der Waals surface area contributed by atoms with E-state index in [-0.39, 0.29) is 11.5 Å². The molecule has 8 aromatic rings. The number of allylic oxidation sites excluding steroid dienone is 3. The van der Waals surface area contributed by atoms with Crippen LogP contribution >= 0.6 is 11.8 Å². The van der Waals surface area contributed by atoms with Crippen LogP contribution in [0.4, 0.5) is 11.4 Å². The van der Waals surface area contributed by atoms with Gasteiger partial charge >= 0.3 is 0 Å². The Kier molecular flexibility index (Phi) is 6.90. The third-order valence-corrected chi connectivity index (χ3v) is 14.3. The van der Waals surface area contributed by atoms with Crippen LogP contribution in [0.5, 0.6) is 0 Å². The van der Waals surface area contributed by atoms with E-state index in [0.29, 0.717) is 11.2 Å². The van der Waals surface area contributed by atoms with E-state index in [1.807, 2.05) is 11.8 Å². The third kappa shape index (κ3) is 4.71. The van der Waals surface area contributed by atoms with Gasteiger partial charge in [-0.25, -0.2) is 0 Å². The van der Waals surface area contributed by atoms with Crippen LogP contribution in [0.15, 0.2) is 173 Å². The Morgan fingerprint density at radius 2 is 1.41 bits per heavy atom. The summed E-state index contributed by atoms with van der Waals surface area (Å²) in [5.41, 5.74) is 14.0. The Hall–Kier alpha value is -6.03. The van der Waals surface area contributed by atoms with Crippen LogP contribution in [-0.4, -0.2) is 11.3 Å². The van der Waals surface area contributed by atoms with Gasteiger partial charge in [-0.1, -0.05) is 135 Å². The van der Waals surface area contributed by atoms with Crippen molar-refractivity contribution in [3.8, 4) is 22.3 Å². The third-order valence-electron chi connectivity index (χ3n) is 12.9. The molecule has 0 saturated heterocycles. The van der Waals surface area contributed by atoms with Crippen LogP contribution in [0.1, 0.15) is 47.8 Å². The highest BCUT2D eigenvalue weighted by molar-refractivity contribution is 8.00. The summed E-state index contributed by atoms with van der Waals surface area (Å²) in [5, 5.41) is 6.67. The van der Waals surface area contributed by atoms with E-state index < -0.39 is 0 Å². The highest BCUT2D eigenvalue weighted by Crippen LogP contribution is 2.54. The highest BCUT2D eigenvalue weighted by atomic mass is 32.2. The number of nitrogens with zero attached hydrogens (tertiary/aromatic N) is 1. The summed E-state index contributed by atoms with van der Waals surface area (Å²) in [6.07, 6.45) is 14.6. The van der Waals surface area contributed by atoms with Gasteiger partial charge in [-0.2, -0.15) is 0 Å². The van der Waals surface area contributed by atoms with Crippen molar-refractivity contribution in [2.75, 3.05) is 4.90 Å². The molecular weight excluding hydrogens is 699 g/mol. The number of fused-ring (bicyclic) bond motifs is 11. The standard InChI is InChI=1S/C53H39NOS/c1-53(2)46-18-10-8-16-38(46)39-22-20-36(29-47(39)53)54(35-21-25-49-44(28-35)43-26-33-14-6-7-15-34(33)27-50(43)55-49)48-24-23-37(32-12-4-3-5-13-32)41-30-45-40-17-9-11-19-51(40)56-52(45)31-42(41)48/h3-27,29-31,35,40,51H,28H2,1-2H3. The van der Waals surface area contributed by atoms with Gasteiger partial charge in [0.1, 0.15) is 11.3 Å². The minimum atomic E-state index is -0.112. The maximum absolute atomic E-state index is 6.57. The molecule has 268 valence electrons. The summed E-state index contributed by atoms with van der Waals surface area (Å²) in [4.78, 5) is 4.02. The molecule has 3 heteroatoms. The van der Waals surface area contributed by atoms with Crippen LogP contribution in [0, 0.1) is 0 Å². The number of thioether (sulfide) groups is 1. The van der Waals surface area contributed by atoms with Crippen molar-refractivity contribution < 1.29 is 4.42 Å². The lowest BCUT2D eigenvalue weighted by molar-refractivity contribution is 0.590. The van der Waals surface area contributed by atoms with Crippen molar-refractivity contribution in [1.29, 1.82) is 0 Å². The molecule has 0 fully saturated rings. The van der Waals surface area contributed by atoms with Crippen LogP contribution in [0.3, 0.4) is 0 Å². The van der Waals surface area contributed by atoms with Gasteiger partial charge in [0.2, 0.25) is 0 Å². The number of rotatable bonds is 4. The molecule has 1 aromatic heterocycles. The molecule has 0 saturated carbocycles. The molecule has 4 aliphatic rings. The smallest absolute Gasteiger partial charge is 0.135 e. The molecular formula is C53H39NOS. The molecule has 2 heterocycles. The quantitative estimate of drug-likeness (QED) is 0.179. The Morgan fingerprint density at radius 1 is 0.643 bits per heavy atom. The van der Waals surface area contributed by atoms with Crippen molar-refractivity contribution in [1.82, 2.24) is 0 Å². The molecule has 0 spiro atoms. The first kappa shape index (κ1) is 32.2. The lowest BCUT2D eigenvalue weighted by atomic mass is 9.82. The molecule has 0 N–H and O–H groups in total. The number of anilines is 2. The number of hydrogen-bond donors (Lipinski definition) is 0. The van der Waals surface area contributed by atoms with Crippen LogP contribution in [0.25, 0.3) is 60.8 Å². The van der Waals surface area contributed by atoms with Crippen molar-refractivity contribution in [2.45, 2.75) is 47.8 Å². The average Bonchev–Trinajstić information content (AvgIpc) is 3.86. The molecule has 12 rings (SSSR count). The zero-order valence-corrected chi connectivity index (χ0v) is 32.2. The fraction of sp³-hybridized carbons (Fsp3) is 0.132. The fourth-order valence-corrected chi connectivity index (χ4v) is 11.5. The van der Waals surface area contributed by atoms with E-state index in [1.165, 1.54) is 87.7 Å². The Balaban J connectivity index is 1.09. The van der Waals surface area contributed by atoms with Crippen LogP contribution < -0.4 is 4.90 Å². The average molecular weight is 738 g/mol. The predicted octanol–water partition coefficient (Wildman–Crippen LogP) is 14.2. The van der Waals surface area contributed by atoms with E-state index in [2.05, 4.69) is 189 Å². The van der Waals surface area contributed by atoms with E-state index >= 15 is 0 Å². The van der Waals surface area contributed by atoms with Gasteiger partial charge in [0.05, 0.1) is 6.04 Å². The predicted molar refractivity (Wildman–Crippen MR) is 236 cm³/mol. The maximum Gasteiger partial charge on any atom is 0.135 e. The number of benzene rings is 7. The maximum atomic E-state index is 6.57. The van der Waals surface area contributed by atoms with Crippen LogP contribution in [0.2, 0.25) is 0 Å². The molecule has 3 atom stereocenters. The first-order valence-corrected chi connectivity index (χ1v) is 20.7. The zero-order valence-electron chi connectivity index (χ0n) is 31.4. The molecule has 7 aromatic carbocycles. The number of furan rings is 1. The Labute approximate surface area is 331 Å². The lowest BCUT2D eigenvalue weighted by Crippen LogP contribution is -2.33. The first-order valence-electron chi connectivity index (χ1n) is 19.8. The molecule has 0 bridgehead atoms. The monoisotopic (exact) mass is 737 g/mol. The lowest BCUT2D eigenvalue weighted by Gasteiger charge is -2.35. The van der Waals surface area contributed by atoms with Gasteiger partial charge in [-0.05, 0) is 104 Å². The molecule has 0 amide bonds. The summed E-state index contributed by atoms with van der Waals surface area (Å²) in [6.45, 7) is 4.76. The van der Waals surface area contributed by atoms with Gasteiger partial charge in [-0.3, -0.25) is 0 Å². The van der Waals surface area contributed by atoms with Crippen LogP contribution in [-0.2, 0) is 11.8 Å². The SMILES string of the molecule is CC1(C)c2ccccc2-c2ccc(N(c3ccc(-c4ccccc4)c4cc5c(cc34)SC3C=CC=CC53)C3C=Cc4oc5cc6ccccc6cc5c4C3)cc21. The summed E-state index contributed by atoms with van der Waals surface area (Å²) >= 11 is 2.01. The van der Waals surface area contributed by atoms with Crippen molar-refractivity contribution in [2.24, 2.45) is 0 Å². The molecule has 56 heavy (non-hydrogen) atoms. The zero-order chi connectivity index (χ0) is 37.1. The van der Waals surface area contributed by atoms with E-state index in [4.69, 9.17) is 4.42 Å². The molecule has 3 aliphatic carbocycles. The Bertz CT molecular complexity index is 3030. The largest absolute Gasteiger partial charge is 0.456 e. The fourth-order valence-electron chi connectivity index (χ4n) is 10.1. The second-order valence-corrected chi connectivity index (χ2v) is 17.6. The summed E-state index contributed by atoms with van der Waals surface area (Å²) < 4.78 is 6.57. The second-order valence-electron chi connectivity index (χ2n) is 16.4. The normalized spacial score (nSPS) is 19.6. The first-order chi connectivity index (χ1) is 27.5. The summed E-state index contributed by atoms with van der Waals surface area (Å²) in [5.74, 6) is 1.36.